The summed E-state index contributed by atoms with van der Waals surface area (Å²) in [5.41, 5.74) is 2.29. The summed E-state index contributed by atoms with van der Waals surface area (Å²) in [7, 11) is 7.45. The van der Waals surface area contributed by atoms with Crippen LogP contribution in [0.1, 0.15) is 30.5 Å². The molecule has 1 unspecified atom stereocenters. The molecule has 1 aromatic carbocycles. The van der Waals surface area contributed by atoms with E-state index in [-0.39, 0.29) is 24.0 Å². The molecular weight excluding hydrogens is 465 g/mol. The van der Waals surface area contributed by atoms with Gasteiger partial charge in [0.05, 0.1) is 19.3 Å². The molecule has 28 heavy (non-hydrogen) atoms. The van der Waals surface area contributed by atoms with Crippen molar-refractivity contribution < 1.29 is 4.74 Å². The predicted molar refractivity (Wildman–Crippen MR) is 128 cm³/mol. The van der Waals surface area contributed by atoms with Gasteiger partial charge in [-0.2, -0.15) is 0 Å². The average molecular weight is 497 g/mol. The number of benzene rings is 1. The summed E-state index contributed by atoms with van der Waals surface area (Å²) >= 11 is 0. The molecule has 2 rings (SSSR count). The second kappa shape index (κ2) is 12.4. The number of halogens is 1. The third-order valence-corrected chi connectivity index (χ3v) is 4.47. The van der Waals surface area contributed by atoms with Crippen LogP contribution in [0, 0.1) is 0 Å². The maximum Gasteiger partial charge on any atom is 0.191 e. The topological polar surface area (TPSA) is 61.8 Å². The number of methoxy groups -OCH3 is 1. The van der Waals surface area contributed by atoms with Gasteiger partial charge in [-0.05, 0) is 42.2 Å². The van der Waals surface area contributed by atoms with Crippen LogP contribution in [0.25, 0.3) is 0 Å². The molecule has 154 valence electrons. The van der Waals surface area contributed by atoms with Crippen molar-refractivity contribution in [1.82, 2.24) is 15.6 Å². The first-order chi connectivity index (χ1) is 13.0. The number of aliphatic imine (C=N–C) groups is 1. The van der Waals surface area contributed by atoms with Gasteiger partial charge in [0, 0.05) is 27.7 Å². The Kier molecular flexibility index (Phi) is 10.7. The first-order valence-electron chi connectivity index (χ1n) is 9.25. The van der Waals surface area contributed by atoms with Crippen LogP contribution < -0.4 is 20.3 Å². The summed E-state index contributed by atoms with van der Waals surface area (Å²) in [5.74, 6) is 3.08. The highest BCUT2D eigenvalue weighted by atomic mass is 127. The summed E-state index contributed by atoms with van der Waals surface area (Å²) in [6.45, 7) is 3.71. The largest absolute Gasteiger partial charge is 0.497 e. The molecule has 7 heteroatoms. The molecule has 0 aliphatic rings. The van der Waals surface area contributed by atoms with Crippen LogP contribution in [0.5, 0.6) is 5.75 Å². The minimum Gasteiger partial charge on any atom is -0.497 e. The summed E-state index contributed by atoms with van der Waals surface area (Å²) in [6, 6.07) is 14.3. The Balaban J connectivity index is 0.00000392. The molecule has 0 saturated heterocycles. The van der Waals surface area contributed by atoms with Gasteiger partial charge in [0.25, 0.3) is 0 Å². The third kappa shape index (κ3) is 7.53. The molecule has 1 aromatic heterocycles. The predicted octanol–water partition coefficient (Wildman–Crippen LogP) is 3.63. The van der Waals surface area contributed by atoms with Crippen LogP contribution in [-0.2, 0) is 6.54 Å². The Morgan fingerprint density at radius 1 is 1.14 bits per heavy atom. The van der Waals surface area contributed by atoms with Gasteiger partial charge in [0.15, 0.2) is 5.96 Å². The SMILES string of the molecule is CN=C(NCCC(C)c1ccc(OC)cc1)NCc1cccc(N(C)C)n1.I. The zero-order valence-electron chi connectivity index (χ0n) is 17.4. The molecule has 0 aliphatic heterocycles. The highest BCUT2D eigenvalue weighted by molar-refractivity contribution is 14.0. The molecule has 0 radical (unpaired) electrons. The van der Waals surface area contributed by atoms with Crippen molar-refractivity contribution in [3.05, 3.63) is 53.7 Å². The van der Waals surface area contributed by atoms with E-state index < -0.39 is 0 Å². The van der Waals surface area contributed by atoms with E-state index in [1.165, 1.54) is 5.56 Å². The highest BCUT2D eigenvalue weighted by Crippen LogP contribution is 2.21. The second-order valence-corrected chi connectivity index (χ2v) is 6.70. The smallest absolute Gasteiger partial charge is 0.191 e. The van der Waals surface area contributed by atoms with Crippen LogP contribution in [0.4, 0.5) is 5.82 Å². The molecule has 0 saturated carbocycles. The van der Waals surface area contributed by atoms with Gasteiger partial charge in [-0.3, -0.25) is 4.99 Å². The minimum atomic E-state index is 0. The fraction of sp³-hybridized carbons (Fsp3) is 0.429. The molecule has 0 amide bonds. The van der Waals surface area contributed by atoms with Gasteiger partial charge in [-0.25, -0.2) is 4.98 Å². The van der Waals surface area contributed by atoms with Gasteiger partial charge in [-0.15, -0.1) is 24.0 Å². The normalized spacial score (nSPS) is 12.0. The lowest BCUT2D eigenvalue weighted by atomic mass is 9.98. The third-order valence-electron chi connectivity index (χ3n) is 4.47. The second-order valence-electron chi connectivity index (χ2n) is 6.70. The lowest BCUT2D eigenvalue weighted by Gasteiger charge is -2.16. The van der Waals surface area contributed by atoms with Crippen molar-refractivity contribution in [3.8, 4) is 5.75 Å². The van der Waals surface area contributed by atoms with Gasteiger partial charge < -0.3 is 20.3 Å². The quantitative estimate of drug-likeness (QED) is 0.332. The van der Waals surface area contributed by atoms with Crippen molar-refractivity contribution in [2.24, 2.45) is 4.99 Å². The summed E-state index contributed by atoms with van der Waals surface area (Å²) in [4.78, 5) is 10.9. The number of hydrogen-bond acceptors (Lipinski definition) is 4. The number of nitrogens with one attached hydrogen (secondary N) is 2. The van der Waals surface area contributed by atoms with Crippen molar-refractivity contribution in [3.63, 3.8) is 0 Å². The summed E-state index contributed by atoms with van der Waals surface area (Å²) in [5, 5.41) is 6.70. The van der Waals surface area contributed by atoms with E-state index in [0.717, 1.165) is 36.2 Å². The summed E-state index contributed by atoms with van der Waals surface area (Å²) < 4.78 is 5.22. The van der Waals surface area contributed by atoms with E-state index in [9.17, 15) is 0 Å². The van der Waals surface area contributed by atoms with Gasteiger partial charge in [-0.1, -0.05) is 25.1 Å². The highest BCUT2D eigenvalue weighted by Gasteiger charge is 2.07. The lowest BCUT2D eigenvalue weighted by molar-refractivity contribution is 0.414. The number of ether oxygens (including phenoxy) is 1. The average Bonchev–Trinajstić information content (AvgIpc) is 2.70. The zero-order valence-corrected chi connectivity index (χ0v) is 19.7. The summed E-state index contributed by atoms with van der Waals surface area (Å²) in [6.07, 6.45) is 1.02. The van der Waals surface area contributed by atoms with Crippen molar-refractivity contribution >= 4 is 35.8 Å². The van der Waals surface area contributed by atoms with Crippen LogP contribution in [-0.4, -0.2) is 45.7 Å². The Hall–Kier alpha value is -2.03. The van der Waals surface area contributed by atoms with Crippen molar-refractivity contribution in [1.29, 1.82) is 0 Å². The van der Waals surface area contributed by atoms with Crippen molar-refractivity contribution in [2.75, 3.05) is 39.7 Å². The molecule has 2 aromatic rings. The number of rotatable bonds is 8. The van der Waals surface area contributed by atoms with Gasteiger partial charge >= 0.3 is 0 Å². The first-order valence-corrected chi connectivity index (χ1v) is 9.25. The number of guanidine groups is 1. The van der Waals surface area contributed by atoms with Crippen molar-refractivity contribution in [2.45, 2.75) is 25.8 Å². The molecular formula is C21H32IN5O. The fourth-order valence-electron chi connectivity index (χ4n) is 2.72. The van der Waals surface area contributed by atoms with E-state index in [1.54, 1.807) is 14.2 Å². The Morgan fingerprint density at radius 2 is 1.86 bits per heavy atom. The van der Waals surface area contributed by atoms with Crippen LogP contribution in [0.15, 0.2) is 47.5 Å². The number of hydrogen-bond donors (Lipinski definition) is 2. The van der Waals surface area contributed by atoms with Crippen LogP contribution >= 0.6 is 24.0 Å². The lowest BCUT2D eigenvalue weighted by Crippen LogP contribution is -2.37. The molecule has 1 heterocycles. The number of pyridine rings is 1. The molecule has 0 fully saturated rings. The van der Waals surface area contributed by atoms with E-state index in [2.05, 4.69) is 39.7 Å². The minimum absolute atomic E-state index is 0. The number of anilines is 1. The molecule has 0 spiro atoms. The molecule has 0 aliphatic carbocycles. The molecule has 2 N–H and O–H groups in total. The maximum absolute atomic E-state index is 5.22. The monoisotopic (exact) mass is 497 g/mol. The molecule has 6 nitrogen and oxygen atoms in total. The van der Waals surface area contributed by atoms with Gasteiger partial charge in [0.1, 0.15) is 11.6 Å². The van der Waals surface area contributed by atoms with Gasteiger partial charge in [0.2, 0.25) is 0 Å². The number of aromatic nitrogens is 1. The Bertz CT molecular complexity index is 734. The van der Waals surface area contributed by atoms with E-state index >= 15 is 0 Å². The standard InChI is InChI=1S/C21H31N5O.HI/c1-16(17-9-11-19(27-5)12-10-17)13-14-23-21(22-2)24-15-18-7-6-8-20(25-18)26(3)4;/h6-12,16H,13-15H2,1-5H3,(H2,22,23,24);1H. The maximum atomic E-state index is 5.22. The van der Waals surface area contributed by atoms with E-state index in [0.29, 0.717) is 12.5 Å². The van der Waals surface area contributed by atoms with E-state index in [4.69, 9.17) is 4.74 Å². The molecule has 1 atom stereocenters. The molecule has 0 bridgehead atoms. The fourth-order valence-corrected chi connectivity index (χ4v) is 2.72. The number of nitrogens with zero attached hydrogens (tertiary/aromatic N) is 3. The van der Waals surface area contributed by atoms with Crippen LogP contribution in [0.3, 0.4) is 0 Å². The zero-order chi connectivity index (χ0) is 19.6. The van der Waals surface area contributed by atoms with Crippen LogP contribution in [0.2, 0.25) is 0 Å². The Morgan fingerprint density at radius 3 is 2.46 bits per heavy atom. The first kappa shape index (κ1) is 24.0. The van der Waals surface area contributed by atoms with E-state index in [1.807, 2.05) is 49.3 Å². The Labute approximate surface area is 185 Å².